The van der Waals surface area contributed by atoms with E-state index >= 15 is 0 Å². The van der Waals surface area contributed by atoms with Crippen LogP contribution in [0.4, 0.5) is 4.39 Å². The zero-order chi connectivity index (χ0) is 14.5. The molecule has 0 aliphatic heterocycles. The first kappa shape index (κ1) is 14.1. The van der Waals surface area contributed by atoms with Crippen LogP contribution in [0.1, 0.15) is 24.1 Å². The van der Waals surface area contributed by atoms with E-state index in [9.17, 15) is 14.3 Å². The van der Waals surface area contributed by atoms with Gasteiger partial charge in [0.25, 0.3) is 0 Å². The van der Waals surface area contributed by atoms with Crippen LogP contribution in [0, 0.1) is 5.82 Å². The average molecular weight is 273 g/mol. The molecule has 20 heavy (non-hydrogen) atoms. The molecule has 1 unspecified atom stereocenters. The van der Waals surface area contributed by atoms with Crippen molar-refractivity contribution in [1.29, 1.82) is 0 Å². The Bertz CT molecular complexity index is 613. The third kappa shape index (κ3) is 3.57. The predicted octanol–water partition coefficient (Wildman–Crippen LogP) is 2.95. The zero-order valence-corrected chi connectivity index (χ0v) is 11.1. The Morgan fingerprint density at radius 3 is 2.70 bits per heavy atom. The lowest BCUT2D eigenvalue weighted by atomic mass is 10.1. The second-order valence-corrected chi connectivity index (χ2v) is 4.65. The molecule has 0 aromatic heterocycles. The highest BCUT2D eigenvalue weighted by molar-refractivity contribution is 5.79. The van der Waals surface area contributed by atoms with Gasteiger partial charge < -0.3 is 10.4 Å². The maximum atomic E-state index is 13.1. The molecule has 2 rings (SSSR count). The number of aromatic hydroxyl groups is 1. The molecule has 0 bridgehead atoms. The maximum absolute atomic E-state index is 13.1. The van der Waals surface area contributed by atoms with Gasteiger partial charge in [-0.05, 0) is 30.7 Å². The molecule has 0 radical (unpaired) electrons. The summed E-state index contributed by atoms with van der Waals surface area (Å²) in [5.41, 5.74) is 1.27. The zero-order valence-electron chi connectivity index (χ0n) is 11.1. The molecule has 0 saturated heterocycles. The fourth-order valence-corrected chi connectivity index (χ4v) is 1.99. The number of hydrogen-bond acceptors (Lipinski definition) is 2. The molecular weight excluding hydrogens is 257 g/mol. The standard InChI is InChI=1S/C16H16FNO2/c1-11(12-6-4-7-14(17)9-12)18-16(20)10-13-5-2-3-8-15(13)19/h2-9,11,19H,10H2,1H3,(H,18,20). The summed E-state index contributed by atoms with van der Waals surface area (Å²) in [6.07, 6.45) is 0.0896. The molecule has 104 valence electrons. The Morgan fingerprint density at radius 1 is 1.25 bits per heavy atom. The van der Waals surface area contributed by atoms with E-state index in [2.05, 4.69) is 5.32 Å². The molecule has 3 nitrogen and oxygen atoms in total. The molecule has 1 amide bonds. The molecule has 0 fully saturated rings. The monoisotopic (exact) mass is 273 g/mol. The van der Waals surface area contributed by atoms with Crippen molar-refractivity contribution in [2.75, 3.05) is 0 Å². The van der Waals surface area contributed by atoms with E-state index in [1.165, 1.54) is 12.1 Å². The van der Waals surface area contributed by atoms with Crippen molar-refractivity contribution in [2.24, 2.45) is 0 Å². The third-order valence-corrected chi connectivity index (χ3v) is 3.07. The summed E-state index contributed by atoms with van der Waals surface area (Å²) >= 11 is 0. The number of para-hydroxylation sites is 1. The Balaban J connectivity index is 2.00. The number of carbonyl (C=O) groups excluding carboxylic acids is 1. The number of amides is 1. The highest BCUT2D eigenvalue weighted by Gasteiger charge is 2.12. The molecule has 2 aromatic rings. The van der Waals surface area contributed by atoms with Crippen LogP contribution in [0.25, 0.3) is 0 Å². The lowest BCUT2D eigenvalue weighted by Crippen LogP contribution is -2.28. The van der Waals surface area contributed by atoms with Gasteiger partial charge in [-0.15, -0.1) is 0 Å². The largest absolute Gasteiger partial charge is 0.508 e. The van der Waals surface area contributed by atoms with Gasteiger partial charge in [-0.25, -0.2) is 4.39 Å². The number of benzene rings is 2. The average Bonchev–Trinajstić information content (AvgIpc) is 2.41. The van der Waals surface area contributed by atoms with Gasteiger partial charge in [0.2, 0.25) is 5.91 Å². The quantitative estimate of drug-likeness (QED) is 0.899. The smallest absolute Gasteiger partial charge is 0.225 e. The number of nitrogens with one attached hydrogen (secondary N) is 1. The van der Waals surface area contributed by atoms with Gasteiger partial charge in [0.05, 0.1) is 12.5 Å². The number of rotatable bonds is 4. The van der Waals surface area contributed by atoms with E-state index in [4.69, 9.17) is 0 Å². The summed E-state index contributed by atoms with van der Waals surface area (Å²) in [5.74, 6) is -0.450. The van der Waals surface area contributed by atoms with Crippen LogP contribution in [0.5, 0.6) is 5.75 Å². The van der Waals surface area contributed by atoms with E-state index in [1.54, 1.807) is 43.3 Å². The molecule has 0 aliphatic carbocycles. The minimum atomic E-state index is -0.329. The van der Waals surface area contributed by atoms with Gasteiger partial charge in [-0.2, -0.15) is 0 Å². The van der Waals surface area contributed by atoms with Crippen LogP contribution in [0.2, 0.25) is 0 Å². The first-order chi connectivity index (χ1) is 9.56. The van der Waals surface area contributed by atoms with Gasteiger partial charge in [-0.1, -0.05) is 30.3 Å². The Hall–Kier alpha value is -2.36. The fraction of sp³-hybridized carbons (Fsp3) is 0.188. The van der Waals surface area contributed by atoms with Crippen molar-refractivity contribution in [3.8, 4) is 5.75 Å². The minimum absolute atomic E-state index is 0.0896. The number of phenolic OH excluding ortho intramolecular Hbond substituents is 1. The van der Waals surface area contributed by atoms with Crippen LogP contribution >= 0.6 is 0 Å². The van der Waals surface area contributed by atoms with E-state index in [1.807, 2.05) is 0 Å². The maximum Gasteiger partial charge on any atom is 0.225 e. The van der Waals surface area contributed by atoms with Crippen LogP contribution in [0.3, 0.4) is 0 Å². The molecule has 0 heterocycles. The third-order valence-electron chi connectivity index (χ3n) is 3.07. The molecule has 4 heteroatoms. The lowest BCUT2D eigenvalue weighted by molar-refractivity contribution is -0.121. The Labute approximate surface area is 117 Å². The second kappa shape index (κ2) is 6.19. The Morgan fingerprint density at radius 2 is 2.00 bits per heavy atom. The summed E-state index contributed by atoms with van der Waals surface area (Å²) in [6.45, 7) is 1.79. The van der Waals surface area contributed by atoms with Crippen molar-refractivity contribution in [3.63, 3.8) is 0 Å². The molecule has 2 aromatic carbocycles. The topological polar surface area (TPSA) is 49.3 Å². The highest BCUT2D eigenvalue weighted by Crippen LogP contribution is 2.17. The first-order valence-corrected chi connectivity index (χ1v) is 6.38. The van der Waals surface area contributed by atoms with Crippen LogP contribution in [0.15, 0.2) is 48.5 Å². The number of phenols is 1. The van der Waals surface area contributed by atoms with Gasteiger partial charge in [0.1, 0.15) is 11.6 Å². The minimum Gasteiger partial charge on any atom is -0.508 e. The SMILES string of the molecule is CC(NC(=O)Cc1ccccc1O)c1cccc(F)c1. The van der Waals surface area contributed by atoms with Crippen molar-refractivity contribution in [1.82, 2.24) is 5.32 Å². The number of halogens is 1. The number of carbonyl (C=O) groups is 1. The highest BCUT2D eigenvalue weighted by atomic mass is 19.1. The molecule has 2 N–H and O–H groups in total. The molecule has 1 atom stereocenters. The van der Waals surface area contributed by atoms with Crippen LogP contribution in [-0.2, 0) is 11.2 Å². The van der Waals surface area contributed by atoms with Crippen molar-refractivity contribution in [2.45, 2.75) is 19.4 Å². The molecule has 0 saturated carbocycles. The van der Waals surface area contributed by atoms with Crippen LogP contribution < -0.4 is 5.32 Å². The van der Waals surface area contributed by atoms with E-state index < -0.39 is 0 Å². The lowest BCUT2D eigenvalue weighted by Gasteiger charge is -2.14. The summed E-state index contributed by atoms with van der Waals surface area (Å²) in [4.78, 5) is 11.9. The summed E-state index contributed by atoms with van der Waals surface area (Å²) in [7, 11) is 0. The first-order valence-electron chi connectivity index (χ1n) is 6.38. The van der Waals surface area contributed by atoms with Crippen molar-refractivity contribution < 1.29 is 14.3 Å². The molecule has 0 spiro atoms. The van der Waals surface area contributed by atoms with Gasteiger partial charge >= 0.3 is 0 Å². The van der Waals surface area contributed by atoms with Gasteiger partial charge in [0, 0.05) is 5.56 Å². The van der Waals surface area contributed by atoms with Crippen LogP contribution in [-0.4, -0.2) is 11.0 Å². The summed E-state index contributed by atoms with van der Waals surface area (Å²) < 4.78 is 13.1. The van der Waals surface area contributed by atoms with E-state index in [-0.39, 0.29) is 29.9 Å². The predicted molar refractivity (Wildman–Crippen MR) is 74.8 cm³/mol. The molecule has 0 aliphatic rings. The van der Waals surface area contributed by atoms with Gasteiger partial charge in [0.15, 0.2) is 0 Å². The summed E-state index contributed by atoms with van der Waals surface area (Å²) in [5, 5.41) is 12.4. The number of hydrogen-bond donors (Lipinski definition) is 2. The van der Waals surface area contributed by atoms with Crippen molar-refractivity contribution in [3.05, 3.63) is 65.5 Å². The Kier molecular flexibility index (Phi) is 4.35. The van der Waals surface area contributed by atoms with Crippen molar-refractivity contribution >= 4 is 5.91 Å². The normalized spacial score (nSPS) is 11.9. The molecular formula is C16H16FNO2. The summed E-state index contributed by atoms with van der Waals surface area (Å²) in [6, 6.07) is 12.5. The fourth-order valence-electron chi connectivity index (χ4n) is 1.99. The second-order valence-electron chi connectivity index (χ2n) is 4.65. The van der Waals surface area contributed by atoms with E-state index in [0.29, 0.717) is 11.1 Å². The van der Waals surface area contributed by atoms with Gasteiger partial charge in [-0.3, -0.25) is 4.79 Å². The van der Waals surface area contributed by atoms with E-state index in [0.717, 1.165) is 0 Å².